The molecule has 0 spiro atoms. The first kappa shape index (κ1) is 16.4. The quantitative estimate of drug-likeness (QED) is 0.849. The zero-order chi connectivity index (χ0) is 14.6. The van der Waals surface area contributed by atoms with E-state index in [4.69, 9.17) is 11.6 Å². The lowest BCUT2D eigenvalue weighted by Crippen LogP contribution is -2.30. The fourth-order valence-electron chi connectivity index (χ4n) is 1.55. The number of nitrogens with one attached hydrogen (secondary N) is 2. The third-order valence-corrected chi connectivity index (χ3v) is 4.44. The van der Waals surface area contributed by atoms with E-state index in [-0.39, 0.29) is 10.9 Å². The Morgan fingerprint density at radius 2 is 1.79 bits per heavy atom. The van der Waals surface area contributed by atoms with Crippen molar-refractivity contribution in [2.75, 3.05) is 0 Å². The van der Waals surface area contributed by atoms with E-state index < -0.39 is 10.0 Å². The fraction of sp³-hybridized carbons (Fsp3) is 0.538. The third-order valence-electron chi connectivity index (χ3n) is 2.42. The van der Waals surface area contributed by atoms with Crippen molar-refractivity contribution < 1.29 is 8.42 Å². The molecule has 0 amide bonds. The van der Waals surface area contributed by atoms with E-state index in [0.717, 1.165) is 5.56 Å². The lowest BCUT2D eigenvalue weighted by atomic mass is 10.2. The van der Waals surface area contributed by atoms with Crippen molar-refractivity contribution in [1.82, 2.24) is 10.0 Å². The predicted molar refractivity (Wildman–Crippen MR) is 78.9 cm³/mol. The summed E-state index contributed by atoms with van der Waals surface area (Å²) in [7, 11) is -3.47. The van der Waals surface area contributed by atoms with Gasteiger partial charge in [-0.25, -0.2) is 13.1 Å². The molecule has 0 bridgehead atoms. The van der Waals surface area contributed by atoms with Crippen molar-refractivity contribution in [1.29, 1.82) is 0 Å². The second-order valence-corrected chi connectivity index (χ2v) is 7.19. The minimum Gasteiger partial charge on any atom is -0.310 e. The summed E-state index contributed by atoms with van der Waals surface area (Å²) in [5.74, 6) is 0. The summed E-state index contributed by atoms with van der Waals surface area (Å²) in [5.41, 5.74) is 0.780. The minimum absolute atomic E-state index is 0.141. The van der Waals surface area contributed by atoms with Crippen LogP contribution in [-0.2, 0) is 16.6 Å². The van der Waals surface area contributed by atoms with Crippen LogP contribution in [0.3, 0.4) is 0 Å². The average Bonchev–Trinajstić information content (AvgIpc) is 2.25. The fourth-order valence-corrected chi connectivity index (χ4v) is 3.03. The van der Waals surface area contributed by atoms with E-state index in [0.29, 0.717) is 17.6 Å². The van der Waals surface area contributed by atoms with Crippen molar-refractivity contribution in [3.8, 4) is 0 Å². The van der Waals surface area contributed by atoms with Gasteiger partial charge in [-0.15, -0.1) is 0 Å². The van der Waals surface area contributed by atoms with Crippen LogP contribution in [0.15, 0.2) is 23.1 Å². The molecule has 1 rings (SSSR count). The lowest BCUT2D eigenvalue weighted by molar-refractivity contribution is 0.568. The molecule has 0 heterocycles. The first-order valence-corrected chi connectivity index (χ1v) is 8.12. The van der Waals surface area contributed by atoms with Gasteiger partial charge in [0, 0.05) is 23.7 Å². The summed E-state index contributed by atoms with van der Waals surface area (Å²) in [6.45, 7) is 8.16. The summed E-state index contributed by atoms with van der Waals surface area (Å²) in [6, 6.07) is 4.92. The van der Waals surface area contributed by atoms with Crippen molar-refractivity contribution in [2.45, 2.75) is 51.2 Å². The van der Waals surface area contributed by atoms with Gasteiger partial charge in [0.25, 0.3) is 0 Å². The number of sulfonamides is 1. The zero-order valence-corrected chi connectivity index (χ0v) is 13.3. The lowest BCUT2D eigenvalue weighted by Gasteiger charge is -2.13. The van der Waals surface area contributed by atoms with Gasteiger partial charge >= 0.3 is 0 Å². The molecule has 0 fully saturated rings. The van der Waals surface area contributed by atoms with Crippen LogP contribution in [0.25, 0.3) is 0 Å². The van der Waals surface area contributed by atoms with Crippen LogP contribution in [-0.4, -0.2) is 20.5 Å². The van der Waals surface area contributed by atoms with E-state index in [1.807, 2.05) is 13.8 Å². The van der Waals surface area contributed by atoms with Gasteiger partial charge in [0.1, 0.15) is 0 Å². The highest BCUT2D eigenvalue weighted by Gasteiger charge is 2.16. The Labute approximate surface area is 120 Å². The largest absolute Gasteiger partial charge is 0.310 e. The SMILES string of the molecule is CC(C)NCc1cc(S(=O)(=O)NC(C)C)ccc1Cl. The van der Waals surface area contributed by atoms with Crippen molar-refractivity contribution >= 4 is 21.6 Å². The zero-order valence-electron chi connectivity index (χ0n) is 11.7. The van der Waals surface area contributed by atoms with Crippen LogP contribution in [0.1, 0.15) is 33.3 Å². The Bertz CT molecular complexity index is 527. The molecule has 1 aromatic rings. The smallest absolute Gasteiger partial charge is 0.240 e. The molecule has 6 heteroatoms. The number of hydrogen-bond acceptors (Lipinski definition) is 3. The van der Waals surface area contributed by atoms with Crippen molar-refractivity contribution in [3.05, 3.63) is 28.8 Å². The van der Waals surface area contributed by atoms with Gasteiger partial charge in [-0.05, 0) is 37.6 Å². The molecule has 0 aliphatic heterocycles. The maximum absolute atomic E-state index is 12.1. The van der Waals surface area contributed by atoms with Gasteiger partial charge in [-0.1, -0.05) is 25.4 Å². The summed E-state index contributed by atoms with van der Waals surface area (Å²) in [5, 5.41) is 3.79. The summed E-state index contributed by atoms with van der Waals surface area (Å²) < 4.78 is 26.7. The maximum Gasteiger partial charge on any atom is 0.240 e. The van der Waals surface area contributed by atoms with Crippen LogP contribution in [0.2, 0.25) is 5.02 Å². The van der Waals surface area contributed by atoms with Crippen LogP contribution in [0.4, 0.5) is 0 Å². The topological polar surface area (TPSA) is 58.2 Å². The summed E-state index contributed by atoms with van der Waals surface area (Å²) in [4.78, 5) is 0.242. The van der Waals surface area contributed by atoms with Crippen LogP contribution in [0, 0.1) is 0 Å². The van der Waals surface area contributed by atoms with Gasteiger partial charge in [-0.2, -0.15) is 0 Å². The molecule has 0 radical (unpaired) electrons. The monoisotopic (exact) mass is 304 g/mol. The van der Waals surface area contributed by atoms with Gasteiger partial charge in [0.15, 0.2) is 0 Å². The molecule has 0 aliphatic rings. The Balaban J connectivity index is 3.01. The van der Waals surface area contributed by atoms with Gasteiger partial charge < -0.3 is 5.32 Å². The van der Waals surface area contributed by atoms with Crippen LogP contribution in [0.5, 0.6) is 0 Å². The molecule has 0 unspecified atom stereocenters. The molecule has 0 aromatic heterocycles. The molecule has 0 aliphatic carbocycles. The molecular weight excluding hydrogens is 284 g/mol. The van der Waals surface area contributed by atoms with Gasteiger partial charge in [0.2, 0.25) is 10.0 Å². The molecule has 19 heavy (non-hydrogen) atoms. The van der Waals surface area contributed by atoms with E-state index in [1.54, 1.807) is 26.0 Å². The Kier molecular flexibility index (Phi) is 5.80. The number of halogens is 1. The summed E-state index contributed by atoms with van der Waals surface area (Å²) >= 11 is 6.08. The van der Waals surface area contributed by atoms with Gasteiger partial charge in [-0.3, -0.25) is 0 Å². The van der Waals surface area contributed by atoms with Crippen molar-refractivity contribution in [3.63, 3.8) is 0 Å². The third kappa shape index (κ3) is 5.10. The van der Waals surface area contributed by atoms with E-state index >= 15 is 0 Å². The maximum atomic E-state index is 12.1. The highest BCUT2D eigenvalue weighted by Crippen LogP contribution is 2.20. The Morgan fingerprint density at radius 1 is 1.16 bits per heavy atom. The molecule has 108 valence electrons. The first-order chi connectivity index (χ1) is 8.72. The normalized spacial score (nSPS) is 12.4. The second kappa shape index (κ2) is 6.70. The average molecular weight is 305 g/mol. The predicted octanol–water partition coefficient (Wildman–Crippen LogP) is 2.52. The number of hydrogen-bond donors (Lipinski definition) is 2. The number of rotatable bonds is 6. The Hall–Kier alpha value is -0.620. The second-order valence-electron chi connectivity index (χ2n) is 5.06. The van der Waals surface area contributed by atoms with Crippen molar-refractivity contribution in [2.24, 2.45) is 0 Å². The first-order valence-electron chi connectivity index (χ1n) is 6.26. The molecule has 0 saturated heterocycles. The highest BCUT2D eigenvalue weighted by atomic mass is 35.5. The molecule has 0 atom stereocenters. The van der Waals surface area contributed by atoms with E-state index in [9.17, 15) is 8.42 Å². The standard InChI is InChI=1S/C13H21ClN2O2S/c1-9(2)15-8-11-7-12(5-6-13(11)14)19(17,18)16-10(3)4/h5-7,9-10,15-16H,8H2,1-4H3. The van der Waals surface area contributed by atoms with Crippen LogP contribution >= 0.6 is 11.6 Å². The minimum atomic E-state index is -3.47. The molecule has 4 nitrogen and oxygen atoms in total. The summed E-state index contributed by atoms with van der Waals surface area (Å²) in [6.07, 6.45) is 0. The van der Waals surface area contributed by atoms with E-state index in [1.165, 1.54) is 6.07 Å². The number of benzene rings is 1. The van der Waals surface area contributed by atoms with Crippen LogP contribution < -0.4 is 10.0 Å². The highest BCUT2D eigenvalue weighted by molar-refractivity contribution is 7.89. The molecule has 0 saturated carbocycles. The molecule has 1 aromatic carbocycles. The van der Waals surface area contributed by atoms with E-state index in [2.05, 4.69) is 10.0 Å². The molecular formula is C13H21ClN2O2S. The van der Waals surface area contributed by atoms with Gasteiger partial charge in [0.05, 0.1) is 4.90 Å². The Morgan fingerprint density at radius 3 is 2.32 bits per heavy atom. The molecule has 2 N–H and O–H groups in total.